The van der Waals surface area contributed by atoms with E-state index in [1.165, 1.54) is 0 Å². The van der Waals surface area contributed by atoms with Crippen LogP contribution >= 0.6 is 0 Å². The summed E-state index contributed by atoms with van der Waals surface area (Å²) < 4.78 is 0. The molecule has 0 aliphatic carbocycles. The molecule has 2 unspecified atom stereocenters. The van der Waals surface area contributed by atoms with Gasteiger partial charge in [0.1, 0.15) is 0 Å². The molecule has 0 saturated carbocycles. The molecule has 0 radical (unpaired) electrons. The first kappa shape index (κ1) is 10.2. The summed E-state index contributed by atoms with van der Waals surface area (Å²) >= 11 is 0. The molecule has 1 amide bonds. The fraction of sp³-hybridized carbons (Fsp3) is 0.636. The van der Waals surface area contributed by atoms with Crippen LogP contribution < -0.4 is 0 Å². The lowest BCUT2D eigenvalue weighted by molar-refractivity contribution is 0.0627. The van der Waals surface area contributed by atoms with Crippen LogP contribution in [0, 0.1) is 11.8 Å². The molecule has 4 nitrogen and oxygen atoms in total. The van der Waals surface area contributed by atoms with E-state index in [1.807, 2.05) is 4.90 Å². The minimum Gasteiger partial charge on any atom is -0.338 e. The van der Waals surface area contributed by atoms with E-state index in [4.69, 9.17) is 0 Å². The summed E-state index contributed by atoms with van der Waals surface area (Å²) in [6, 6.07) is 0. The van der Waals surface area contributed by atoms with Crippen LogP contribution in [-0.4, -0.2) is 34.1 Å². The lowest BCUT2D eigenvalue weighted by Crippen LogP contribution is -2.42. The van der Waals surface area contributed by atoms with Crippen molar-refractivity contribution >= 4 is 5.91 Å². The van der Waals surface area contributed by atoms with E-state index in [2.05, 4.69) is 24.0 Å². The Morgan fingerprint density at radius 2 is 2.33 bits per heavy atom. The highest BCUT2D eigenvalue weighted by Gasteiger charge is 2.26. The molecule has 0 bridgehead atoms. The zero-order chi connectivity index (χ0) is 10.8. The van der Waals surface area contributed by atoms with Crippen LogP contribution in [0.2, 0.25) is 0 Å². The minimum atomic E-state index is 0.0995. The topological polar surface area (TPSA) is 49.0 Å². The van der Waals surface area contributed by atoms with E-state index >= 15 is 0 Å². The summed E-state index contributed by atoms with van der Waals surface area (Å²) in [6.07, 6.45) is 4.35. The monoisotopic (exact) mass is 207 g/mol. The molecule has 82 valence electrons. The van der Waals surface area contributed by atoms with Crippen LogP contribution in [0.3, 0.4) is 0 Å². The number of piperidine rings is 1. The van der Waals surface area contributed by atoms with Crippen molar-refractivity contribution in [3.63, 3.8) is 0 Å². The fourth-order valence-electron chi connectivity index (χ4n) is 2.00. The SMILES string of the molecule is CC1CCN(C(=O)c2cn[nH]c2)CC1C. The quantitative estimate of drug-likeness (QED) is 0.759. The molecule has 1 aromatic heterocycles. The van der Waals surface area contributed by atoms with Crippen molar-refractivity contribution in [3.8, 4) is 0 Å². The van der Waals surface area contributed by atoms with Crippen molar-refractivity contribution in [2.75, 3.05) is 13.1 Å². The first-order chi connectivity index (χ1) is 7.18. The van der Waals surface area contributed by atoms with Gasteiger partial charge in [0.05, 0.1) is 11.8 Å². The number of likely N-dealkylation sites (tertiary alicyclic amines) is 1. The summed E-state index contributed by atoms with van der Waals surface area (Å²) in [5.74, 6) is 1.41. The van der Waals surface area contributed by atoms with Gasteiger partial charge in [0.25, 0.3) is 5.91 Å². The lowest BCUT2D eigenvalue weighted by atomic mass is 9.88. The highest BCUT2D eigenvalue weighted by molar-refractivity contribution is 5.93. The van der Waals surface area contributed by atoms with Crippen LogP contribution in [0.15, 0.2) is 12.4 Å². The van der Waals surface area contributed by atoms with Gasteiger partial charge < -0.3 is 4.90 Å². The van der Waals surface area contributed by atoms with E-state index < -0.39 is 0 Å². The Hall–Kier alpha value is -1.32. The number of H-pyrrole nitrogens is 1. The van der Waals surface area contributed by atoms with Crippen molar-refractivity contribution in [1.29, 1.82) is 0 Å². The number of carbonyl (C=O) groups is 1. The summed E-state index contributed by atoms with van der Waals surface area (Å²) in [6.45, 7) is 6.20. The number of amides is 1. The Morgan fingerprint density at radius 1 is 1.53 bits per heavy atom. The Labute approximate surface area is 89.7 Å². The molecule has 1 aliphatic rings. The van der Waals surface area contributed by atoms with E-state index in [0.29, 0.717) is 11.5 Å². The second kappa shape index (κ2) is 4.04. The number of aromatic nitrogens is 2. The van der Waals surface area contributed by atoms with Crippen LogP contribution in [-0.2, 0) is 0 Å². The number of rotatable bonds is 1. The van der Waals surface area contributed by atoms with Gasteiger partial charge in [-0.05, 0) is 18.3 Å². The standard InChI is InChI=1S/C11H17N3O/c1-8-3-4-14(7-9(8)2)11(15)10-5-12-13-6-10/h5-6,8-9H,3-4,7H2,1-2H3,(H,12,13). The molecule has 1 fully saturated rings. The van der Waals surface area contributed by atoms with Gasteiger partial charge in [-0.3, -0.25) is 9.89 Å². The summed E-state index contributed by atoms with van der Waals surface area (Å²) in [4.78, 5) is 13.9. The maximum Gasteiger partial charge on any atom is 0.257 e. The second-order valence-corrected chi connectivity index (χ2v) is 4.48. The Bertz CT molecular complexity index is 334. The molecular formula is C11H17N3O. The number of hydrogen-bond donors (Lipinski definition) is 1. The summed E-state index contributed by atoms with van der Waals surface area (Å²) in [7, 11) is 0. The third-order valence-electron chi connectivity index (χ3n) is 3.37. The average Bonchev–Trinajstić information content (AvgIpc) is 2.74. The van der Waals surface area contributed by atoms with E-state index in [1.54, 1.807) is 12.4 Å². The number of nitrogens with one attached hydrogen (secondary N) is 1. The van der Waals surface area contributed by atoms with Gasteiger partial charge in [-0.25, -0.2) is 0 Å². The predicted octanol–water partition coefficient (Wildman–Crippen LogP) is 1.53. The third kappa shape index (κ3) is 2.03. The van der Waals surface area contributed by atoms with Gasteiger partial charge in [-0.1, -0.05) is 13.8 Å². The van der Waals surface area contributed by atoms with Gasteiger partial charge >= 0.3 is 0 Å². The van der Waals surface area contributed by atoms with Gasteiger partial charge in [0, 0.05) is 19.3 Å². The molecule has 4 heteroatoms. The van der Waals surface area contributed by atoms with Crippen LogP contribution in [0.4, 0.5) is 0 Å². The van der Waals surface area contributed by atoms with Crippen LogP contribution in [0.25, 0.3) is 0 Å². The van der Waals surface area contributed by atoms with Gasteiger partial charge in [-0.2, -0.15) is 5.10 Å². The van der Waals surface area contributed by atoms with Gasteiger partial charge in [0.15, 0.2) is 0 Å². The molecular weight excluding hydrogens is 190 g/mol. The Kier molecular flexibility index (Phi) is 2.75. The van der Waals surface area contributed by atoms with Crippen LogP contribution in [0.1, 0.15) is 30.6 Å². The molecule has 15 heavy (non-hydrogen) atoms. The van der Waals surface area contributed by atoms with E-state index in [0.717, 1.165) is 25.4 Å². The highest BCUT2D eigenvalue weighted by atomic mass is 16.2. The first-order valence-corrected chi connectivity index (χ1v) is 5.46. The molecule has 2 heterocycles. The van der Waals surface area contributed by atoms with Crippen molar-refractivity contribution in [2.45, 2.75) is 20.3 Å². The first-order valence-electron chi connectivity index (χ1n) is 5.46. The van der Waals surface area contributed by atoms with Crippen LogP contribution in [0.5, 0.6) is 0 Å². The smallest absolute Gasteiger partial charge is 0.257 e. The largest absolute Gasteiger partial charge is 0.338 e. The summed E-state index contributed by atoms with van der Waals surface area (Å²) in [5, 5.41) is 6.47. The number of carbonyl (C=O) groups excluding carboxylic acids is 1. The Morgan fingerprint density at radius 3 is 2.93 bits per heavy atom. The minimum absolute atomic E-state index is 0.0995. The molecule has 1 saturated heterocycles. The molecule has 1 aromatic rings. The normalized spacial score (nSPS) is 26.7. The second-order valence-electron chi connectivity index (χ2n) is 4.48. The fourth-order valence-corrected chi connectivity index (χ4v) is 2.00. The Balaban J connectivity index is 2.03. The molecule has 2 rings (SSSR count). The zero-order valence-electron chi connectivity index (χ0n) is 9.23. The van der Waals surface area contributed by atoms with Crippen molar-refractivity contribution in [1.82, 2.24) is 15.1 Å². The maximum absolute atomic E-state index is 12.0. The van der Waals surface area contributed by atoms with Crippen molar-refractivity contribution in [2.24, 2.45) is 11.8 Å². The number of nitrogens with zero attached hydrogens (tertiary/aromatic N) is 2. The van der Waals surface area contributed by atoms with Crippen molar-refractivity contribution in [3.05, 3.63) is 18.0 Å². The predicted molar refractivity (Wildman–Crippen MR) is 57.4 cm³/mol. The lowest BCUT2D eigenvalue weighted by Gasteiger charge is -2.35. The van der Waals surface area contributed by atoms with Gasteiger partial charge in [0.2, 0.25) is 0 Å². The number of aromatic amines is 1. The van der Waals surface area contributed by atoms with Gasteiger partial charge in [-0.15, -0.1) is 0 Å². The average molecular weight is 207 g/mol. The summed E-state index contributed by atoms with van der Waals surface area (Å²) in [5.41, 5.74) is 0.664. The molecule has 2 atom stereocenters. The van der Waals surface area contributed by atoms with E-state index in [-0.39, 0.29) is 5.91 Å². The van der Waals surface area contributed by atoms with Crippen molar-refractivity contribution < 1.29 is 4.79 Å². The molecule has 0 spiro atoms. The maximum atomic E-state index is 12.0. The zero-order valence-corrected chi connectivity index (χ0v) is 9.23. The molecule has 0 aromatic carbocycles. The number of hydrogen-bond acceptors (Lipinski definition) is 2. The highest BCUT2D eigenvalue weighted by Crippen LogP contribution is 2.23. The molecule has 1 aliphatic heterocycles. The third-order valence-corrected chi connectivity index (χ3v) is 3.37. The molecule has 1 N–H and O–H groups in total. The van der Waals surface area contributed by atoms with E-state index in [9.17, 15) is 4.79 Å².